The summed E-state index contributed by atoms with van der Waals surface area (Å²) in [6.07, 6.45) is 6.74. The summed E-state index contributed by atoms with van der Waals surface area (Å²) in [5, 5.41) is 0. The molecule has 4 heteroatoms. The summed E-state index contributed by atoms with van der Waals surface area (Å²) >= 11 is 0. The van der Waals surface area contributed by atoms with Gasteiger partial charge < -0.3 is 9.64 Å². The second-order valence-electron chi connectivity index (χ2n) is 5.14. The number of likely N-dealkylation sites (tertiary alicyclic amines) is 1. The fraction of sp³-hybridized carbons (Fsp3) is 0.929. The van der Waals surface area contributed by atoms with E-state index < -0.39 is 6.17 Å². The molecule has 1 aliphatic rings. The van der Waals surface area contributed by atoms with Crippen LogP contribution in [0, 0.1) is 0 Å². The second-order valence-corrected chi connectivity index (χ2v) is 5.14. The lowest BCUT2D eigenvalue weighted by atomic mass is 9.95. The Kier molecular flexibility index (Phi) is 7.06. The minimum absolute atomic E-state index is 0.0304. The minimum atomic E-state index is -0.758. The Labute approximate surface area is 110 Å². The largest absolute Gasteiger partial charge is 0.453 e. The van der Waals surface area contributed by atoms with Crippen molar-refractivity contribution in [2.45, 2.75) is 70.5 Å². The molecule has 0 N–H and O–H groups in total. The van der Waals surface area contributed by atoms with Crippen LogP contribution in [0.25, 0.3) is 0 Å². The minimum Gasteiger partial charge on any atom is -0.453 e. The molecule has 0 radical (unpaired) electrons. The molecule has 3 nitrogen and oxygen atoms in total. The molecule has 1 heterocycles. The van der Waals surface area contributed by atoms with Gasteiger partial charge in [-0.15, -0.1) is 0 Å². The molecule has 18 heavy (non-hydrogen) atoms. The molecule has 1 rings (SSSR count). The van der Waals surface area contributed by atoms with Gasteiger partial charge in [-0.05, 0) is 19.3 Å². The number of hydrogen-bond donors (Lipinski definition) is 0. The van der Waals surface area contributed by atoms with Gasteiger partial charge in [-0.25, -0.2) is 9.18 Å². The summed E-state index contributed by atoms with van der Waals surface area (Å²) in [6.45, 7) is 2.68. The summed E-state index contributed by atoms with van der Waals surface area (Å²) in [5.41, 5.74) is 0. The number of unbranched alkanes of at least 4 members (excludes halogenated alkanes) is 4. The van der Waals surface area contributed by atoms with Crippen molar-refractivity contribution in [1.29, 1.82) is 0 Å². The molecule has 1 saturated heterocycles. The number of piperidine rings is 1. The van der Waals surface area contributed by atoms with Crippen LogP contribution in [0.5, 0.6) is 0 Å². The monoisotopic (exact) mass is 259 g/mol. The topological polar surface area (TPSA) is 29.5 Å². The van der Waals surface area contributed by atoms with E-state index in [4.69, 9.17) is 4.74 Å². The first-order chi connectivity index (χ1) is 8.69. The molecule has 0 aliphatic carbocycles. The number of ether oxygens (including phenoxy) is 1. The van der Waals surface area contributed by atoms with E-state index in [1.54, 1.807) is 4.90 Å². The molecule has 1 amide bonds. The van der Waals surface area contributed by atoms with Gasteiger partial charge in [0.2, 0.25) is 0 Å². The van der Waals surface area contributed by atoms with Crippen LogP contribution in [0.4, 0.5) is 9.18 Å². The van der Waals surface area contributed by atoms with Crippen molar-refractivity contribution in [3.63, 3.8) is 0 Å². The SMILES string of the molecule is CCCCCCC[C@H]1C[C@H](F)CCN1C(=O)OC. The smallest absolute Gasteiger partial charge is 0.409 e. The highest BCUT2D eigenvalue weighted by atomic mass is 19.1. The molecule has 1 fully saturated rings. The van der Waals surface area contributed by atoms with E-state index >= 15 is 0 Å². The maximum absolute atomic E-state index is 13.4. The highest BCUT2D eigenvalue weighted by Gasteiger charge is 2.31. The fourth-order valence-corrected chi connectivity index (χ4v) is 2.62. The normalized spacial score (nSPS) is 24.1. The maximum Gasteiger partial charge on any atom is 0.409 e. The van der Waals surface area contributed by atoms with Crippen molar-refractivity contribution >= 4 is 6.09 Å². The molecule has 0 bridgehead atoms. The maximum atomic E-state index is 13.4. The van der Waals surface area contributed by atoms with Crippen molar-refractivity contribution < 1.29 is 13.9 Å². The van der Waals surface area contributed by atoms with Gasteiger partial charge in [0, 0.05) is 12.6 Å². The number of hydrogen-bond acceptors (Lipinski definition) is 2. The van der Waals surface area contributed by atoms with Gasteiger partial charge in [0.15, 0.2) is 0 Å². The Morgan fingerprint density at radius 2 is 2.06 bits per heavy atom. The number of carbonyl (C=O) groups excluding carboxylic acids is 1. The molecule has 106 valence electrons. The first kappa shape index (κ1) is 15.3. The third kappa shape index (κ3) is 4.83. The van der Waals surface area contributed by atoms with Crippen molar-refractivity contribution in [2.24, 2.45) is 0 Å². The average molecular weight is 259 g/mol. The molecule has 0 aromatic heterocycles. The first-order valence-corrected chi connectivity index (χ1v) is 7.17. The van der Waals surface area contributed by atoms with Crippen LogP contribution in [0.1, 0.15) is 58.3 Å². The van der Waals surface area contributed by atoms with Crippen LogP contribution in [0.3, 0.4) is 0 Å². The molecule has 0 saturated carbocycles. The zero-order valence-corrected chi connectivity index (χ0v) is 11.7. The average Bonchev–Trinajstić information content (AvgIpc) is 2.38. The summed E-state index contributed by atoms with van der Waals surface area (Å²) < 4.78 is 18.2. The predicted molar refractivity (Wildman–Crippen MR) is 70.4 cm³/mol. The van der Waals surface area contributed by atoms with Crippen molar-refractivity contribution in [3.8, 4) is 0 Å². The van der Waals surface area contributed by atoms with E-state index in [-0.39, 0.29) is 12.1 Å². The van der Waals surface area contributed by atoms with E-state index in [1.165, 1.54) is 32.8 Å². The van der Waals surface area contributed by atoms with Crippen LogP contribution in [0.15, 0.2) is 0 Å². The van der Waals surface area contributed by atoms with Crippen molar-refractivity contribution in [3.05, 3.63) is 0 Å². The Bertz CT molecular complexity index is 248. The molecule has 0 aromatic rings. The lowest BCUT2D eigenvalue weighted by Crippen LogP contribution is -2.46. The highest BCUT2D eigenvalue weighted by molar-refractivity contribution is 5.68. The second kappa shape index (κ2) is 8.33. The Morgan fingerprint density at radius 1 is 1.33 bits per heavy atom. The van der Waals surface area contributed by atoms with Crippen LogP contribution in [-0.2, 0) is 4.74 Å². The number of methoxy groups -OCH3 is 1. The number of rotatable bonds is 6. The Balaban J connectivity index is 2.34. The van der Waals surface area contributed by atoms with Gasteiger partial charge >= 0.3 is 6.09 Å². The number of carbonyl (C=O) groups is 1. The fourth-order valence-electron chi connectivity index (χ4n) is 2.62. The number of halogens is 1. The first-order valence-electron chi connectivity index (χ1n) is 7.17. The van der Waals surface area contributed by atoms with Gasteiger partial charge in [0.05, 0.1) is 7.11 Å². The van der Waals surface area contributed by atoms with Crippen molar-refractivity contribution in [2.75, 3.05) is 13.7 Å². The van der Waals surface area contributed by atoms with Crippen LogP contribution >= 0.6 is 0 Å². The molecule has 0 unspecified atom stereocenters. The van der Waals surface area contributed by atoms with E-state index in [1.807, 2.05) is 0 Å². The highest BCUT2D eigenvalue weighted by Crippen LogP contribution is 2.24. The third-order valence-corrected chi connectivity index (χ3v) is 3.70. The van der Waals surface area contributed by atoms with E-state index in [9.17, 15) is 9.18 Å². The summed E-state index contributed by atoms with van der Waals surface area (Å²) in [6, 6.07) is 0.0304. The summed E-state index contributed by atoms with van der Waals surface area (Å²) in [7, 11) is 1.39. The molecule has 2 atom stereocenters. The molecule has 1 aliphatic heterocycles. The Morgan fingerprint density at radius 3 is 2.72 bits per heavy atom. The zero-order chi connectivity index (χ0) is 13.4. The van der Waals surface area contributed by atoms with Gasteiger partial charge in [-0.3, -0.25) is 0 Å². The van der Waals surface area contributed by atoms with Crippen molar-refractivity contribution in [1.82, 2.24) is 4.90 Å². The molecule has 0 aromatic carbocycles. The quantitative estimate of drug-likeness (QED) is 0.677. The van der Waals surface area contributed by atoms with E-state index in [0.29, 0.717) is 19.4 Å². The van der Waals surface area contributed by atoms with E-state index in [0.717, 1.165) is 12.8 Å². The molecular weight excluding hydrogens is 233 g/mol. The van der Waals surface area contributed by atoms with Gasteiger partial charge in [0.25, 0.3) is 0 Å². The lowest BCUT2D eigenvalue weighted by Gasteiger charge is -2.36. The number of nitrogens with zero attached hydrogens (tertiary/aromatic N) is 1. The van der Waals surface area contributed by atoms with Crippen LogP contribution in [0.2, 0.25) is 0 Å². The standard InChI is InChI=1S/C14H26FNO2/c1-3-4-5-6-7-8-13-11-12(15)9-10-16(13)14(17)18-2/h12-13H,3-11H2,1-2H3/t12-,13+/m1/s1. The number of amides is 1. The zero-order valence-electron chi connectivity index (χ0n) is 11.7. The number of alkyl halides is 1. The Hall–Kier alpha value is -0.800. The van der Waals surface area contributed by atoms with E-state index in [2.05, 4.69) is 6.92 Å². The third-order valence-electron chi connectivity index (χ3n) is 3.70. The van der Waals surface area contributed by atoms with Crippen LogP contribution < -0.4 is 0 Å². The van der Waals surface area contributed by atoms with Gasteiger partial charge in [-0.2, -0.15) is 0 Å². The summed E-state index contributed by atoms with van der Waals surface area (Å²) in [4.78, 5) is 13.3. The predicted octanol–water partition coefficient (Wildman–Crippen LogP) is 3.92. The molecular formula is C14H26FNO2. The van der Waals surface area contributed by atoms with Gasteiger partial charge in [-0.1, -0.05) is 39.0 Å². The van der Waals surface area contributed by atoms with Crippen LogP contribution in [-0.4, -0.2) is 36.9 Å². The lowest BCUT2D eigenvalue weighted by molar-refractivity contribution is 0.0624. The summed E-state index contributed by atoms with van der Waals surface area (Å²) in [5.74, 6) is 0. The van der Waals surface area contributed by atoms with Gasteiger partial charge in [0.1, 0.15) is 6.17 Å². The molecule has 0 spiro atoms.